The Balaban J connectivity index is 0.00000387. The molecular formula is C32H30FLiN7-. The van der Waals surface area contributed by atoms with E-state index < -0.39 is 5.82 Å². The smallest absolute Gasteiger partial charge is 0.445 e. The van der Waals surface area contributed by atoms with Crippen LogP contribution in [0.4, 0.5) is 4.39 Å². The van der Waals surface area contributed by atoms with Gasteiger partial charge in [-0.15, -0.1) is 0 Å². The van der Waals surface area contributed by atoms with Crippen LogP contribution >= 0.6 is 0 Å². The maximum absolute atomic E-state index is 14.0. The van der Waals surface area contributed by atoms with Crippen molar-refractivity contribution in [1.29, 1.82) is 5.26 Å². The molecular weight excluding hydrogens is 508 g/mol. The van der Waals surface area contributed by atoms with Crippen LogP contribution in [-0.2, 0) is 13.6 Å². The summed E-state index contributed by atoms with van der Waals surface area (Å²) in [5.74, 6) is 0.851. The van der Waals surface area contributed by atoms with Gasteiger partial charge in [0.15, 0.2) is 0 Å². The first-order valence-electron chi connectivity index (χ1n) is 13.2. The molecule has 0 spiro atoms. The van der Waals surface area contributed by atoms with Crippen LogP contribution in [0.25, 0.3) is 33.9 Å². The quantitative estimate of drug-likeness (QED) is 0.212. The normalized spacial score (nSPS) is 14.5. The Labute approximate surface area is 252 Å². The number of nitriles is 1. The third-order valence-electron chi connectivity index (χ3n) is 7.10. The third kappa shape index (κ3) is 7.14. The van der Waals surface area contributed by atoms with Crippen molar-refractivity contribution in [2.24, 2.45) is 12.0 Å². The molecule has 7 nitrogen and oxygen atoms in total. The number of piperidine rings is 1. The number of aliphatic imine (C=N–C) groups is 1. The van der Waals surface area contributed by atoms with Gasteiger partial charge in [0.2, 0.25) is 0 Å². The first kappa shape index (κ1) is 29.8. The summed E-state index contributed by atoms with van der Waals surface area (Å²) in [6, 6.07) is 22.2. The molecule has 1 aliphatic heterocycles. The molecule has 3 heterocycles. The molecule has 5 rings (SSSR count). The third-order valence-corrected chi connectivity index (χ3v) is 7.10. The minimum atomic E-state index is -0.391. The van der Waals surface area contributed by atoms with Crippen LogP contribution in [-0.4, -0.2) is 44.8 Å². The van der Waals surface area contributed by atoms with Crippen molar-refractivity contribution in [1.82, 2.24) is 24.8 Å². The molecule has 9 heteroatoms. The minimum Gasteiger partial charge on any atom is -0.445 e. The average molecular weight is 539 g/mol. The van der Waals surface area contributed by atoms with Gasteiger partial charge in [0, 0.05) is 61.7 Å². The van der Waals surface area contributed by atoms with Crippen molar-refractivity contribution >= 4 is 6.21 Å². The van der Waals surface area contributed by atoms with Gasteiger partial charge < -0.3 is 14.9 Å². The van der Waals surface area contributed by atoms with Crippen molar-refractivity contribution in [2.45, 2.75) is 25.4 Å². The number of halogens is 1. The van der Waals surface area contributed by atoms with Crippen LogP contribution < -0.4 is 24.2 Å². The predicted octanol–water partition coefficient (Wildman–Crippen LogP) is 2.66. The molecule has 0 atom stereocenters. The second kappa shape index (κ2) is 14.0. The van der Waals surface area contributed by atoms with Gasteiger partial charge in [-0.1, -0.05) is 60.8 Å². The number of aromatic nitrogens is 3. The van der Waals surface area contributed by atoms with Gasteiger partial charge in [0.25, 0.3) is 0 Å². The van der Waals surface area contributed by atoms with Crippen LogP contribution in [0.15, 0.2) is 89.9 Å². The summed E-state index contributed by atoms with van der Waals surface area (Å²) in [6.07, 6.45) is 8.70. The average Bonchev–Trinajstić information content (AvgIpc) is 3.34. The van der Waals surface area contributed by atoms with Crippen LogP contribution in [0, 0.1) is 24.1 Å². The van der Waals surface area contributed by atoms with Crippen molar-refractivity contribution < 1.29 is 23.3 Å². The Hall–Kier alpha value is -4.14. The van der Waals surface area contributed by atoms with Gasteiger partial charge in [-0.3, -0.25) is 9.88 Å². The summed E-state index contributed by atoms with van der Waals surface area (Å²) < 4.78 is 16.0. The molecule has 0 saturated carbocycles. The number of imidazole rings is 1. The number of pyridine rings is 1. The van der Waals surface area contributed by atoms with Crippen LogP contribution in [0.1, 0.15) is 18.4 Å². The molecule has 2 aromatic heterocycles. The Bertz CT molecular complexity index is 1550. The van der Waals surface area contributed by atoms with Gasteiger partial charge >= 0.3 is 18.9 Å². The summed E-state index contributed by atoms with van der Waals surface area (Å²) >= 11 is 0. The maximum Gasteiger partial charge on any atom is 1.00 e. The molecule has 1 N–H and O–H groups in total. The number of likely N-dealkylation sites (tertiary alicyclic amines) is 1. The number of hydrogen-bond acceptors (Lipinski definition) is 6. The fraction of sp³-hybridized carbons (Fsp3) is 0.219. The molecule has 0 aliphatic carbocycles. The monoisotopic (exact) mass is 538 g/mol. The van der Waals surface area contributed by atoms with E-state index in [4.69, 9.17) is 10.2 Å². The molecule has 1 saturated heterocycles. The first-order valence-corrected chi connectivity index (χ1v) is 13.2. The van der Waals surface area contributed by atoms with Crippen molar-refractivity contribution in [2.75, 3.05) is 13.1 Å². The second-order valence-corrected chi connectivity index (χ2v) is 9.77. The van der Waals surface area contributed by atoms with Gasteiger partial charge in [-0.25, -0.2) is 21.6 Å². The second-order valence-electron chi connectivity index (χ2n) is 9.77. The summed E-state index contributed by atoms with van der Waals surface area (Å²) in [5.41, 5.74) is 5.71. The van der Waals surface area contributed by atoms with E-state index in [1.54, 1.807) is 18.3 Å². The van der Waals surface area contributed by atoms with E-state index >= 15 is 0 Å². The fourth-order valence-electron chi connectivity index (χ4n) is 5.11. The molecule has 0 amide bonds. The van der Waals surface area contributed by atoms with E-state index in [0.29, 0.717) is 23.3 Å². The SMILES string of the molecule is [CH2-]/C=C(\N=[C-]C#N)NC1CCN(Cc2ccc(-c3nc(-c4cncc(F)c4)n(C)c3-c3ccccc3)cc2)CC1.[Li+]. The van der Waals surface area contributed by atoms with Crippen LogP contribution in [0.5, 0.6) is 0 Å². The Morgan fingerprint density at radius 3 is 2.51 bits per heavy atom. The molecule has 4 aromatic rings. The predicted molar refractivity (Wildman–Crippen MR) is 155 cm³/mol. The summed E-state index contributed by atoms with van der Waals surface area (Å²) in [6.45, 7) is 6.52. The van der Waals surface area contributed by atoms with Crippen molar-refractivity contribution in [3.05, 3.63) is 103 Å². The van der Waals surface area contributed by atoms with Crippen LogP contribution in [0.2, 0.25) is 0 Å². The van der Waals surface area contributed by atoms with E-state index in [1.807, 2.05) is 29.8 Å². The van der Waals surface area contributed by atoms with E-state index in [1.165, 1.54) is 17.8 Å². The standard InChI is InChI=1S/C32H30FN7.Li/c1-3-29(36-16-15-34)37-28-13-17-40(18-14-28)22-23-9-11-24(12-10-23)30-31(25-7-5-4-6-8-25)39(2)32(38-30)26-19-27(33)21-35-20-26;/h3-12,19-21,28,37H,1,13-14,17-18,22H2,2H3;/q-2;+1/b29-3+;. The molecule has 202 valence electrons. The zero-order valence-corrected chi connectivity index (χ0v) is 23.4. The van der Waals surface area contributed by atoms with Gasteiger partial charge in [-0.2, -0.15) is 6.08 Å². The topological polar surface area (TPSA) is 82.1 Å². The van der Waals surface area contributed by atoms with E-state index in [9.17, 15) is 4.39 Å². The van der Waals surface area contributed by atoms with Crippen molar-refractivity contribution in [3.8, 4) is 40.0 Å². The van der Waals surface area contributed by atoms with Crippen LogP contribution in [0.3, 0.4) is 0 Å². The summed E-state index contributed by atoms with van der Waals surface area (Å²) in [5, 5.41) is 12.0. The minimum absolute atomic E-state index is 0. The summed E-state index contributed by atoms with van der Waals surface area (Å²) in [4.78, 5) is 15.4. The zero-order chi connectivity index (χ0) is 27.9. The molecule has 0 bridgehead atoms. The van der Waals surface area contributed by atoms with E-state index in [-0.39, 0.29) is 18.9 Å². The Kier molecular flexibility index (Phi) is 10.2. The van der Waals surface area contributed by atoms with Gasteiger partial charge in [0.05, 0.1) is 17.6 Å². The Morgan fingerprint density at radius 1 is 1.12 bits per heavy atom. The first-order chi connectivity index (χ1) is 19.6. The molecule has 1 fully saturated rings. The molecule has 41 heavy (non-hydrogen) atoms. The zero-order valence-electron chi connectivity index (χ0n) is 23.4. The Morgan fingerprint density at radius 2 is 1.85 bits per heavy atom. The molecule has 2 aromatic carbocycles. The van der Waals surface area contributed by atoms with Gasteiger partial charge in [0.1, 0.15) is 11.6 Å². The summed E-state index contributed by atoms with van der Waals surface area (Å²) in [7, 11) is 1.95. The maximum atomic E-state index is 14.0. The van der Waals surface area contributed by atoms with Gasteiger partial charge in [-0.05, 0) is 30.3 Å². The fourth-order valence-corrected chi connectivity index (χ4v) is 5.11. The molecule has 1 aliphatic rings. The number of nitrogens with zero attached hydrogens (tertiary/aromatic N) is 6. The van der Waals surface area contributed by atoms with Crippen molar-refractivity contribution in [3.63, 3.8) is 0 Å². The molecule has 0 radical (unpaired) electrons. The number of rotatable bonds is 8. The van der Waals surface area contributed by atoms with E-state index in [2.05, 4.69) is 69.7 Å². The largest absolute Gasteiger partial charge is 1.00 e. The molecule has 0 unspecified atom stereocenters. The van der Waals surface area contributed by atoms with E-state index in [0.717, 1.165) is 55.0 Å². The number of nitrogens with one attached hydrogen (secondary N) is 1. The number of hydrogen-bond donors (Lipinski definition) is 1. The number of allylic oxidation sites excluding steroid dienone is 1. The number of benzene rings is 2.